The number of nitrogens with zero attached hydrogens (tertiary/aromatic N) is 2. The minimum atomic E-state index is -0.310. The minimum absolute atomic E-state index is 0.162. The van der Waals surface area contributed by atoms with Crippen LogP contribution < -0.4 is 0 Å². The quantitative estimate of drug-likeness (QED) is 0.689. The van der Waals surface area contributed by atoms with Gasteiger partial charge in [-0.3, -0.25) is 29.0 Å². The van der Waals surface area contributed by atoms with Crippen LogP contribution in [0.3, 0.4) is 0 Å². The molecule has 2 aliphatic heterocycles. The van der Waals surface area contributed by atoms with Crippen LogP contribution in [0.5, 0.6) is 0 Å². The van der Waals surface area contributed by atoms with Crippen molar-refractivity contribution in [3.8, 4) is 0 Å². The third kappa shape index (κ3) is 2.20. The summed E-state index contributed by atoms with van der Waals surface area (Å²) in [7, 11) is 0. The first-order valence-electron chi connectivity index (χ1n) is 7.09. The second-order valence-electron chi connectivity index (χ2n) is 5.77. The molecular weight excluding hydrogens is 272 g/mol. The number of hydrogen-bond acceptors (Lipinski definition) is 4. The van der Waals surface area contributed by atoms with E-state index in [1.165, 1.54) is 34.1 Å². The van der Waals surface area contributed by atoms with Crippen LogP contribution in [0.2, 0.25) is 0 Å². The number of imide groups is 2. The Morgan fingerprint density at radius 2 is 1.29 bits per heavy atom. The standard InChI is InChI=1S/C15H16N2O4/c1-9-2-3-10(16-12(18)4-5-13(16)19)8-11(9)17-14(20)6-7-15(17)21/h4-7,9-11H,2-3,8H2,1H3. The van der Waals surface area contributed by atoms with Gasteiger partial charge in [-0.1, -0.05) is 6.92 Å². The summed E-state index contributed by atoms with van der Waals surface area (Å²) in [4.78, 5) is 49.8. The fraction of sp³-hybridized carbons (Fsp3) is 0.467. The van der Waals surface area contributed by atoms with Crippen LogP contribution in [0, 0.1) is 5.92 Å². The summed E-state index contributed by atoms with van der Waals surface area (Å²) in [6.45, 7) is 1.99. The Morgan fingerprint density at radius 3 is 1.81 bits per heavy atom. The molecule has 0 bridgehead atoms. The highest BCUT2D eigenvalue weighted by molar-refractivity contribution is 6.14. The van der Waals surface area contributed by atoms with Crippen molar-refractivity contribution in [2.75, 3.05) is 0 Å². The largest absolute Gasteiger partial charge is 0.272 e. The van der Waals surface area contributed by atoms with Gasteiger partial charge in [0.15, 0.2) is 0 Å². The molecule has 1 saturated carbocycles. The fourth-order valence-corrected chi connectivity index (χ4v) is 3.38. The second-order valence-corrected chi connectivity index (χ2v) is 5.77. The monoisotopic (exact) mass is 288 g/mol. The van der Waals surface area contributed by atoms with Crippen LogP contribution in [-0.4, -0.2) is 45.5 Å². The van der Waals surface area contributed by atoms with Crippen molar-refractivity contribution in [2.45, 2.75) is 38.3 Å². The lowest BCUT2D eigenvalue weighted by atomic mass is 9.81. The topological polar surface area (TPSA) is 74.8 Å². The molecule has 3 unspecified atom stereocenters. The predicted molar refractivity (Wildman–Crippen MR) is 72.6 cm³/mol. The Hall–Kier alpha value is -2.24. The first kappa shape index (κ1) is 13.7. The predicted octanol–water partition coefficient (Wildman–Crippen LogP) is 0.394. The van der Waals surface area contributed by atoms with Crippen LogP contribution in [-0.2, 0) is 19.2 Å². The Bertz CT molecular complexity index is 556. The van der Waals surface area contributed by atoms with Gasteiger partial charge in [-0.25, -0.2) is 0 Å². The first-order valence-corrected chi connectivity index (χ1v) is 7.09. The molecule has 1 fully saturated rings. The zero-order valence-corrected chi connectivity index (χ0v) is 11.7. The summed E-state index contributed by atoms with van der Waals surface area (Å²) in [5.74, 6) is -1.08. The van der Waals surface area contributed by atoms with Crippen LogP contribution in [0.25, 0.3) is 0 Å². The molecule has 3 atom stereocenters. The van der Waals surface area contributed by atoms with Crippen molar-refractivity contribution in [1.82, 2.24) is 9.80 Å². The molecule has 21 heavy (non-hydrogen) atoms. The van der Waals surface area contributed by atoms with Crippen molar-refractivity contribution in [2.24, 2.45) is 5.92 Å². The number of amides is 4. The van der Waals surface area contributed by atoms with E-state index in [0.29, 0.717) is 12.8 Å². The molecule has 4 amide bonds. The SMILES string of the molecule is CC1CCC(N2C(=O)C=CC2=O)CC1N1C(=O)C=CC1=O. The lowest BCUT2D eigenvalue weighted by Crippen LogP contribution is -2.52. The van der Waals surface area contributed by atoms with E-state index < -0.39 is 0 Å². The normalized spacial score (nSPS) is 32.7. The van der Waals surface area contributed by atoms with E-state index in [9.17, 15) is 19.2 Å². The maximum atomic E-state index is 11.8. The Labute approximate surface area is 122 Å². The summed E-state index contributed by atoms with van der Waals surface area (Å²) < 4.78 is 0. The van der Waals surface area contributed by atoms with E-state index in [1.807, 2.05) is 6.92 Å². The van der Waals surface area contributed by atoms with Crippen LogP contribution in [0.15, 0.2) is 24.3 Å². The maximum Gasteiger partial charge on any atom is 0.253 e. The fourth-order valence-electron chi connectivity index (χ4n) is 3.38. The van der Waals surface area contributed by atoms with Crippen molar-refractivity contribution in [3.63, 3.8) is 0 Å². The van der Waals surface area contributed by atoms with Crippen LogP contribution in [0.1, 0.15) is 26.2 Å². The molecule has 0 saturated heterocycles. The molecule has 2 heterocycles. The highest BCUT2D eigenvalue weighted by atomic mass is 16.2. The molecule has 0 N–H and O–H groups in total. The average molecular weight is 288 g/mol. The zero-order valence-electron chi connectivity index (χ0n) is 11.7. The summed E-state index contributed by atoms with van der Waals surface area (Å²) in [6, 6.07) is -0.512. The zero-order chi connectivity index (χ0) is 15.1. The second kappa shape index (κ2) is 4.95. The molecule has 0 aromatic heterocycles. The molecule has 1 aliphatic carbocycles. The molecule has 6 heteroatoms. The molecule has 6 nitrogen and oxygen atoms in total. The van der Waals surface area contributed by atoms with E-state index in [2.05, 4.69) is 0 Å². The highest BCUT2D eigenvalue weighted by Gasteiger charge is 2.42. The van der Waals surface area contributed by atoms with E-state index in [0.717, 1.165) is 6.42 Å². The van der Waals surface area contributed by atoms with Gasteiger partial charge < -0.3 is 0 Å². The molecular formula is C15H16N2O4. The number of carbonyl (C=O) groups is 4. The molecule has 3 rings (SSSR count). The van der Waals surface area contributed by atoms with Crippen molar-refractivity contribution < 1.29 is 19.2 Å². The van der Waals surface area contributed by atoms with Crippen LogP contribution >= 0.6 is 0 Å². The number of carbonyl (C=O) groups excluding carboxylic acids is 4. The van der Waals surface area contributed by atoms with E-state index in [-0.39, 0.29) is 41.6 Å². The first-order chi connectivity index (χ1) is 9.99. The van der Waals surface area contributed by atoms with Gasteiger partial charge in [0, 0.05) is 36.4 Å². The Kier molecular flexibility index (Phi) is 3.23. The summed E-state index contributed by atoms with van der Waals surface area (Å²) in [5, 5.41) is 0. The van der Waals surface area contributed by atoms with Gasteiger partial charge in [0.2, 0.25) is 0 Å². The smallest absolute Gasteiger partial charge is 0.253 e. The maximum absolute atomic E-state index is 11.8. The lowest BCUT2D eigenvalue weighted by molar-refractivity contribution is -0.144. The number of hydrogen-bond donors (Lipinski definition) is 0. The molecule has 0 radical (unpaired) electrons. The third-order valence-corrected chi connectivity index (χ3v) is 4.51. The van der Waals surface area contributed by atoms with E-state index in [4.69, 9.17) is 0 Å². The summed E-state index contributed by atoms with van der Waals surface area (Å²) in [6.07, 6.45) is 7.01. The average Bonchev–Trinajstić information content (AvgIpc) is 2.95. The highest BCUT2D eigenvalue weighted by Crippen LogP contribution is 2.33. The van der Waals surface area contributed by atoms with E-state index >= 15 is 0 Å². The summed E-state index contributed by atoms with van der Waals surface area (Å²) >= 11 is 0. The van der Waals surface area contributed by atoms with E-state index in [1.54, 1.807) is 0 Å². The molecule has 0 aromatic rings. The molecule has 0 aromatic carbocycles. The van der Waals surface area contributed by atoms with Gasteiger partial charge in [-0.2, -0.15) is 0 Å². The minimum Gasteiger partial charge on any atom is -0.272 e. The molecule has 110 valence electrons. The number of rotatable bonds is 2. The third-order valence-electron chi connectivity index (χ3n) is 4.51. The van der Waals surface area contributed by atoms with Crippen LogP contribution in [0.4, 0.5) is 0 Å². The van der Waals surface area contributed by atoms with Gasteiger partial charge >= 0.3 is 0 Å². The Morgan fingerprint density at radius 1 is 0.810 bits per heavy atom. The van der Waals surface area contributed by atoms with Gasteiger partial charge in [0.1, 0.15) is 0 Å². The van der Waals surface area contributed by atoms with Crippen molar-refractivity contribution in [1.29, 1.82) is 0 Å². The van der Waals surface area contributed by atoms with Crippen molar-refractivity contribution in [3.05, 3.63) is 24.3 Å². The van der Waals surface area contributed by atoms with Gasteiger partial charge in [0.25, 0.3) is 23.6 Å². The van der Waals surface area contributed by atoms with Gasteiger partial charge in [0.05, 0.1) is 0 Å². The van der Waals surface area contributed by atoms with Gasteiger partial charge in [-0.15, -0.1) is 0 Å². The molecule has 0 spiro atoms. The summed E-state index contributed by atoms with van der Waals surface area (Å²) in [5.41, 5.74) is 0. The molecule has 3 aliphatic rings. The lowest BCUT2D eigenvalue weighted by Gasteiger charge is -2.41. The Balaban J connectivity index is 1.79. The van der Waals surface area contributed by atoms with Gasteiger partial charge in [-0.05, 0) is 25.2 Å². The van der Waals surface area contributed by atoms with Crippen molar-refractivity contribution >= 4 is 23.6 Å².